The van der Waals surface area contributed by atoms with E-state index in [1.807, 2.05) is 48.5 Å². The van der Waals surface area contributed by atoms with Crippen LogP contribution >= 0.6 is 28.5 Å². The van der Waals surface area contributed by atoms with Crippen molar-refractivity contribution in [3.63, 3.8) is 0 Å². The molecule has 0 N–H and O–H groups in total. The van der Waals surface area contributed by atoms with Gasteiger partial charge in [0.1, 0.15) is 6.61 Å². The van der Waals surface area contributed by atoms with Gasteiger partial charge in [-0.15, -0.1) is 0 Å². The minimum atomic E-state index is -2.91. The molecule has 1 aliphatic rings. The number of rotatable bonds is 11. The Labute approximate surface area is 179 Å². The van der Waals surface area contributed by atoms with Gasteiger partial charge in [-0.25, -0.2) is 0 Å². The van der Waals surface area contributed by atoms with Gasteiger partial charge < -0.3 is 14.0 Å². The Morgan fingerprint density at radius 1 is 1.18 bits per heavy atom. The Morgan fingerprint density at radius 2 is 1.79 bits per heavy atom. The van der Waals surface area contributed by atoms with Crippen molar-refractivity contribution >= 4 is 34.5 Å². The average molecular weight is 456 g/mol. The molecule has 166 valence electrons. The second kappa shape index (κ2) is 11.6. The first kappa shape index (κ1) is 26.3. The van der Waals surface area contributed by atoms with Gasteiger partial charge in [-0.3, -0.25) is 14.3 Å². The molecule has 0 bridgehead atoms. The van der Waals surface area contributed by atoms with Crippen molar-refractivity contribution in [2.24, 2.45) is 5.41 Å². The molecule has 1 rings (SSSR count). The van der Waals surface area contributed by atoms with E-state index in [1.54, 1.807) is 0 Å². The summed E-state index contributed by atoms with van der Waals surface area (Å²) in [6, 6.07) is 0. The lowest BCUT2D eigenvalue weighted by atomic mass is 9.89. The van der Waals surface area contributed by atoms with Crippen molar-refractivity contribution in [3.05, 3.63) is 0 Å². The van der Waals surface area contributed by atoms with E-state index in [0.29, 0.717) is 5.75 Å². The molecule has 0 radical (unpaired) electrons. The van der Waals surface area contributed by atoms with Gasteiger partial charge in [0.05, 0.1) is 24.2 Å². The molecular weight excluding hydrogens is 417 g/mol. The third kappa shape index (κ3) is 10.9. The summed E-state index contributed by atoms with van der Waals surface area (Å²) in [5.41, 5.74) is -1.02. The SMILES string of the molecule is CC(C)SP(=O)(OC(C)(C)C)SCCOC(=O)C(C)(C)CCN1CCOCC1. The Kier molecular flexibility index (Phi) is 10.9. The van der Waals surface area contributed by atoms with Crippen molar-refractivity contribution in [1.82, 2.24) is 4.90 Å². The number of ether oxygens (including phenoxy) is 2. The Bertz CT molecular complexity index is 531. The van der Waals surface area contributed by atoms with Crippen LogP contribution in [0.5, 0.6) is 0 Å². The van der Waals surface area contributed by atoms with Crippen molar-refractivity contribution < 1.29 is 23.4 Å². The third-order valence-corrected chi connectivity index (χ3v) is 11.8. The van der Waals surface area contributed by atoms with Crippen LogP contribution in [-0.2, 0) is 23.4 Å². The minimum Gasteiger partial charge on any atom is -0.464 e. The fraction of sp³-hybridized carbons (Fsp3) is 0.947. The van der Waals surface area contributed by atoms with Gasteiger partial charge in [0.2, 0.25) is 0 Å². The van der Waals surface area contributed by atoms with Gasteiger partial charge >= 0.3 is 11.7 Å². The lowest BCUT2D eigenvalue weighted by molar-refractivity contribution is -0.153. The molecule has 0 amide bonds. The quantitative estimate of drug-likeness (QED) is 0.243. The van der Waals surface area contributed by atoms with E-state index in [1.165, 1.54) is 22.8 Å². The molecule has 1 atom stereocenters. The van der Waals surface area contributed by atoms with Gasteiger partial charge in [-0.1, -0.05) is 36.6 Å². The summed E-state index contributed by atoms with van der Waals surface area (Å²) in [7, 11) is 0. The summed E-state index contributed by atoms with van der Waals surface area (Å²) in [5, 5.41) is 0.197. The van der Waals surface area contributed by atoms with E-state index < -0.39 is 16.8 Å². The van der Waals surface area contributed by atoms with E-state index in [9.17, 15) is 9.36 Å². The number of esters is 1. The Balaban J connectivity index is 2.42. The number of carbonyl (C=O) groups excluding carboxylic acids is 1. The molecule has 1 unspecified atom stereocenters. The second-order valence-electron chi connectivity index (χ2n) is 8.86. The number of morpholine rings is 1. The van der Waals surface area contributed by atoms with Crippen LogP contribution in [0.25, 0.3) is 0 Å². The summed E-state index contributed by atoms with van der Waals surface area (Å²) in [6.45, 7) is 18.0. The van der Waals surface area contributed by atoms with Crippen molar-refractivity contribution in [2.45, 2.75) is 65.7 Å². The number of hydrogen-bond acceptors (Lipinski definition) is 8. The highest BCUT2D eigenvalue weighted by Gasteiger charge is 2.33. The van der Waals surface area contributed by atoms with E-state index in [4.69, 9.17) is 14.0 Å². The van der Waals surface area contributed by atoms with Crippen LogP contribution in [0.4, 0.5) is 0 Å². The first-order valence-corrected chi connectivity index (χ1v) is 14.6. The number of nitrogens with zero attached hydrogens (tertiary/aromatic N) is 1. The predicted molar refractivity (Wildman–Crippen MR) is 120 cm³/mol. The minimum absolute atomic E-state index is 0.197. The molecule has 0 saturated carbocycles. The maximum Gasteiger partial charge on any atom is 0.314 e. The van der Waals surface area contributed by atoms with E-state index in [2.05, 4.69) is 4.90 Å². The molecule has 1 fully saturated rings. The van der Waals surface area contributed by atoms with E-state index in [-0.39, 0.29) is 17.8 Å². The van der Waals surface area contributed by atoms with Crippen LogP contribution in [0.1, 0.15) is 54.9 Å². The standard InChI is InChI=1S/C19H38NO5PS2/c1-16(2)28-26(22,25-18(3,4)5)27-15-14-24-17(21)19(6,7)8-9-20-10-12-23-13-11-20/h16H,8-15H2,1-7H3. The van der Waals surface area contributed by atoms with Gasteiger partial charge in [0, 0.05) is 24.1 Å². The normalized spacial score (nSPS) is 18.9. The van der Waals surface area contributed by atoms with Crippen molar-refractivity contribution in [2.75, 3.05) is 45.2 Å². The first-order valence-electron chi connectivity index (χ1n) is 9.94. The fourth-order valence-corrected chi connectivity index (χ4v) is 11.3. The number of hydrogen-bond donors (Lipinski definition) is 0. The summed E-state index contributed by atoms with van der Waals surface area (Å²) in [4.78, 5) is 14.8. The van der Waals surface area contributed by atoms with Gasteiger partial charge in [-0.05, 0) is 47.6 Å². The Hall–Kier alpha value is 0.280. The molecule has 0 spiro atoms. The lowest BCUT2D eigenvalue weighted by Crippen LogP contribution is -2.39. The molecule has 1 heterocycles. The predicted octanol–water partition coefficient (Wildman–Crippen LogP) is 5.08. The molecule has 9 heteroatoms. The van der Waals surface area contributed by atoms with Gasteiger partial charge in [0.25, 0.3) is 0 Å². The molecule has 0 aromatic carbocycles. The average Bonchev–Trinajstić information content (AvgIpc) is 2.55. The van der Waals surface area contributed by atoms with Crippen molar-refractivity contribution in [3.8, 4) is 0 Å². The molecule has 1 aliphatic heterocycles. The summed E-state index contributed by atoms with van der Waals surface area (Å²) in [5.74, 6) is -2.65. The van der Waals surface area contributed by atoms with E-state index >= 15 is 0 Å². The maximum atomic E-state index is 13.1. The second-order valence-corrected chi connectivity index (χ2v) is 16.7. The van der Waals surface area contributed by atoms with Gasteiger partial charge in [0.15, 0.2) is 0 Å². The topological polar surface area (TPSA) is 65.1 Å². The zero-order chi connectivity index (χ0) is 21.4. The zero-order valence-corrected chi connectivity index (χ0v) is 21.0. The molecule has 0 aliphatic carbocycles. The van der Waals surface area contributed by atoms with Crippen LogP contribution in [0.3, 0.4) is 0 Å². The molecule has 0 aromatic rings. The summed E-state index contributed by atoms with van der Waals surface area (Å²) in [6.07, 6.45) is 0.744. The molecule has 6 nitrogen and oxygen atoms in total. The Morgan fingerprint density at radius 3 is 2.32 bits per heavy atom. The molecular formula is C19H38NO5PS2. The largest absolute Gasteiger partial charge is 0.464 e. The molecule has 0 aromatic heterocycles. The van der Waals surface area contributed by atoms with Crippen LogP contribution in [-0.4, -0.2) is 66.9 Å². The highest BCUT2D eigenvalue weighted by Crippen LogP contribution is 2.72. The zero-order valence-electron chi connectivity index (χ0n) is 18.5. The third-order valence-electron chi connectivity index (χ3n) is 4.00. The highest BCUT2D eigenvalue weighted by atomic mass is 33.1. The monoisotopic (exact) mass is 455 g/mol. The van der Waals surface area contributed by atoms with Crippen LogP contribution in [0, 0.1) is 5.41 Å². The number of carbonyl (C=O) groups is 1. The highest BCUT2D eigenvalue weighted by molar-refractivity contribution is 8.89. The smallest absolute Gasteiger partial charge is 0.314 e. The summed E-state index contributed by atoms with van der Waals surface area (Å²) < 4.78 is 29.8. The van der Waals surface area contributed by atoms with Crippen LogP contribution < -0.4 is 0 Å². The fourth-order valence-electron chi connectivity index (χ4n) is 2.52. The van der Waals surface area contributed by atoms with Crippen LogP contribution in [0.2, 0.25) is 0 Å². The molecule has 28 heavy (non-hydrogen) atoms. The lowest BCUT2D eigenvalue weighted by Gasteiger charge is -2.30. The van der Waals surface area contributed by atoms with Crippen LogP contribution in [0.15, 0.2) is 0 Å². The summed E-state index contributed by atoms with van der Waals surface area (Å²) >= 11 is 2.62. The van der Waals surface area contributed by atoms with Crippen molar-refractivity contribution in [1.29, 1.82) is 0 Å². The molecule has 1 saturated heterocycles. The first-order chi connectivity index (χ1) is 12.8. The maximum absolute atomic E-state index is 13.1. The van der Waals surface area contributed by atoms with E-state index in [0.717, 1.165) is 39.3 Å². The van der Waals surface area contributed by atoms with Gasteiger partial charge in [-0.2, -0.15) is 0 Å².